The van der Waals surface area contributed by atoms with Gasteiger partial charge >= 0.3 is 0 Å². The van der Waals surface area contributed by atoms with Gasteiger partial charge in [0.1, 0.15) is 12.5 Å². The number of fused-ring (bicyclic) bond motifs is 1. The summed E-state index contributed by atoms with van der Waals surface area (Å²) in [5.74, 6) is 1.04. The second kappa shape index (κ2) is 7.08. The molecule has 0 N–H and O–H groups in total. The van der Waals surface area contributed by atoms with Crippen LogP contribution < -0.4 is 4.74 Å². The van der Waals surface area contributed by atoms with Crippen LogP contribution in [0.15, 0.2) is 48.5 Å². The predicted molar refractivity (Wildman–Crippen MR) is 109 cm³/mol. The van der Waals surface area contributed by atoms with Crippen LogP contribution in [0.3, 0.4) is 0 Å². The van der Waals surface area contributed by atoms with Crippen LogP contribution in [-0.2, 0) is 12.0 Å². The van der Waals surface area contributed by atoms with E-state index < -0.39 is 0 Å². The molecular weight excluding hydrogens is 318 g/mol. The molecule has 2 nitrogen and oxygen atoms in total. The zero-order chi connectivity index (χ0) is 18.9. The molecule has 1 heterocycles. The highest BCUT2D eigenvalue weighted by molar-refractivity contribution is 5.41. The van der Waals surface area contributed by atoms with Crippen molar-refractivity contribution in [3.8, 4) is 5.75 Å². The molecular formula is C24H33NO. The van der Waals surface area contributed by atoms with Gasteiger partial charge in [0.15, 0.2) is 0 Å². The summed E-state index contributed by atoms with van der Waals surface area (Å²) in [7, 11) is 0. The van der Waals surface area contributed by atoms with Crippen molar-refractivity contribution in [1.82, 2.24) is 4.90 Å². The first-order chi connectivity index (χ1) is 12.2. The van der Waals surface area contributed by atoms with Crippen molar-refractivity contribution in [3.63, 3.8) is 0 Å². The summed E-state index contributed by atoms with van der Waals surface area (Å²) in [6.07, 6.45) is 1.16. The standard InChI is InChI=1S/C24H33NO/c1-18(19-10-8-7-9-11-19)25-15-20-14-21(12-13-22(20)26-17-25)24(5,6)16-23(2,3)4/h7-14,18H,15-17H2,1-6H3/t18-/m0/s1. The molecule has 0 spiro atoms. The quantitative estimate of drug-likeness (QED) is 0.639. The second-order valence-corrected chi connectivity index (χ2v) is 9.55. The molecule has 2 heteroatoms. The fraction of sp³-hybridized carbons (Fsp3) is 0.500. The van der Waals surface area contributed by atoms with E-state index in [4.69, 9.17) is 4.74 Å². The summed E-state index contributed by atoms with van der Waals surface area (Å²) >= 11 is 0. The van der Waals surface area contributed by atoms with Crippen molar-refractivity contribution in [2.45, 2.75) is 66.0 Å². The van der Waals surface area contributed by atoms with Gasteiger partial charge in [-0.1, -0.05) is 77.1 Å². The molecule has 2 aromatic carbocycles. The van der Waals surface area contributed by atoms with E-state index in [1.54, 1.807) is 0 Å². The molecule has 0 fully saturated rings. The average Bonchev–Trinajstić information content (AvgIpc) is 2.59. The summed E-state index contributed by atoms with van der Waals surface area (Å²) < 4.78 is 6.07. The lowest BCUT2D eigenvalue weighted by Crippen LogP contribution is -2.34. The molecule has 0 aliphatic carbocycles. The summed E-state index contributed by atoms with van der Waals surface area (Å²) in [6.45, 7) is 15.5. The van der Waals surface area contributed by atoms with E-state index in [0.717, 1.165) is 18.7 Å². The summed E-state index contributed by atoms with van der Waals surface area (Å²) in [5, 5.41) is 0. The molecule has 140 valence electrons. The Bertz CT molecular complexity index is 743. The number of benzene rings is 2. The molecule has 0 unspecified atom stereocenters. The van der Waals surface area contributed by atoms with Gasteiger partial charge in [0.2, 0.25) is 0 Å². The lowest BCUT2D eigenvalue weighted by atomic mass is 9.72. The highest BCUT2D eigenvalue weighted by Crippen LogP contribution is 2.39. The molecule has 0 amide bonds. The van der Waals surface area contributed by atoms with Crippen LogP contribution >= 0.6 is 0 Å². The molecule has 0 saturated heterocycles. The number of rotatable bonds is 4. The van der Waals surface area contributed by atoms with Crippen molar-refractivity contribution in [2.24, 2.45) is 5.41 Å². The normalized spacial score (nSPS) is 16.7. The highest BCUT2D eigenvalue weighted by atomic mass is 16.5. The van der Waals surface area contributed by atoms with Crippen LogP contribution in [0.25, 0.3) is 0 Å². The van der Waals surface area contributed by atoms with Crippen molar-refractivity contribution in [3.05, 3.63) is 65.2 Å². The number of ether oxygens (including phenoxy) is 1. The third kappa shape index (κ3) is 4.29. The fourth-order valence-corrected chi connectivity index (χ4v) is 4.30. The molecule has 1 atom stereocenters. The number of hydrogen-bond acceptors (Lipinski definition) is 2. The molecule has 1 aliphatic heterocycles. The van der Waals surface area contributed by atoms with E-state index in [2.05, 4.69) is 95.0 Å². The summed E-state index contributed by atoms with van der Waals surface area (Å²) in [5.41, 5.74) is 4.51. The second-order valence-electron chi connectivity index (χ2n) is 9.55. The zero-order valence-electron chi connectivity index (χ0n) is 17.2. The number of nitrogens with zero attached hydrogens (tertiary/aromatic N) is 1. The first-order valence-corrected chi connectivity index (χ1v) is 9.71. The summed E-state index contributed by atoms with van der Waals surface area (Å²) in [4.78, 5) is 2.40. The van der Waals surface area contributed by atoms with Crippen molar-refractivity contribution in [1.29, 1.82) is 0 Å². The van der Waals surface area contributed by atoms with Crippen molar-refractivity contribution in [2.75, 3.05) is 6.73 Å². The lowest BCUT2D eigenvalue weighted by Gasteiger charge is -2.36. The molecule has 3 rings (SSSR count). The molecule has 0 bridgehead atoms. The van der Waals surface area contributed by atoms with Gasteiger partial charge in [-0.15, -0.1) is 0 Å². The van der Waals surface area contributed by atoms with Gasteiger partial charge in [-0.2, -0.15) is 0 Å². The van der Waals surface area contributed by atoms with E-state index in [9.17, 15) is 0 Å². The van der Waals surface area contributed by atoms with Crippen LogP contribution in [0.2, 0.25) is 0 Å². The minimum atomic E-state index is 0.153. The summed E-state index contributed by atoms with van der Waals surface area (Å²) in [6, 6.07) is 17.8. The molecule has 2 aromatic rings. The molecule has 26 heavy (non-hydrogen) atoms. The van der Waals surface area contributed by atoms with Gasteiger partial charge in [-0.05, 0) is 41.4 Å². The van der Waals surface area contributed by atoms with Gasteiger partial charge in [0.25, 0.3) is 0 Å². The Morgan fingerprint density at radius 1 is 1.00 bits per heavy atom. The third-order valence-corrected chi connectivity index (χ3v) is 5.40. The largest absolute Gasteiger partial charge is 0.478 e. The van der Waals surface area contributed by atoms with Crippen LogP contribution in [0.4, 0.5) is 0 Å². The van der Waals surface area contributed by atoms with E-state index in [0.29, 0.717) is 18.2 Å². The van der Waals surface area contributed by atoms with Crippen LogP contribution in [0.1, 0.15) is 70.7 Å². The Labute approximate surface area is 159 Å². The van der Waals surface area contributed by atoms with E-state index in [-0.39, 0.29) is 5.41 Å². The molecule has 0 aromatic heterocycles. The Balaban J connectivity index is 1.82. The first-order valence-electron chi connectivity index (χ1n) is 9.71. The lowest BCUT2D eigenvalue weighted by molar-refractivity contribution is 0.0616. The Morgan fingerprint density at radius 3 is 2.35 bits per heavy atom. The van der Waals surface area contributed by atoms with Crippen molar-refractivity contribution < 1.29 is 4.74 Å². The smallest absolute Gasteiger partial charge is 0.142 e. The van der Waals surface area contributed by atoms with Gasteiger partial charge in [0, 0.05) is 18.2 Å². The average molecular weight is 352 g/mol. The van der Waals surface area contributed by atoms with E-state index in [1.165, 1.54) is 16.7 Å². The maximum atomic E-state index is 6.07. The van der Waals surface area contributed by atoms with Gasteiger partial charge in [-0.25, -0.2) is 0 Å². The Hall–Kier alpha value is -1.80. The maximum absolute atomic E-state index is 6.07. The number of hydrogen-bond donors (Lipinski definition) is 0. The maximum Gasteiger partial charge on any atom is 0.142 e. The SMILES string of the molecule is C[C@@H](c1ccccc1)N1COc2ccc(C(C)(C)CC(C)(C)C)cc2C1. The minimum Gasteiger partial charge on any atom is -0.478 e. The van der Waals surface area contributed by atoms with E-state index in [1.807, 2.05) is 0 Å². The minimum absolute atomic E-state index is 0.153. The van der Waals surface area contributed by atoms with Crippen LogP contribution in [0.5, 0.6) is 5.75 Å². The van der Waals surface area contributed by atoms with Gasteiger partial charge in [-0.3, -0.25) is 4.90 Å². The fourth-order valence-electron chi connectivity index (χ4n) is 4.30. The predicted octanol–water partition coefficient (Wildman–Crippen LogP) is 6.31. The van der Waals surface area contributed by atoms with Gasteiger partial charge < -0.3 is 4.74 Å². The molecule has 0 radical (unpaired) electrons. The van der Waals surface area contributed by atoms with Crippen molar-refractivity contribution >= 4 is 0 Å². The zero-order valence-corrected chi connectivity index (χ0v) is 17.2. The molecule has 1 aliphatic rings. The monoisotopic (exact) mass is 351 g/mol. The van der Waals surface area contributed by atoms with E-state index >= 15 is 0 Å². The Kier molecular flexibility index (Phi) is 5.16. The van der Waals surface area contributed by atoms with Crippen LogP contribution in [-0.4, -0.2) is 11.6 Å². The van der Waals surface area contributed by atoms with Gasteiger partial charge in [0.05, 0.1) is 0 Å². The Morgan fingerprint density at radius 2 is 1.69 bits per heavy atom. The topological polar surface area (TPSA) is 12.5 Å². The highest BCUT2D eigenvalue weighted by Gasteiger charge is 2.29. The molecule has 0 saturated carbocycles. The van der Waals surface area contributed by atoms with Crippen LogP contribution in [0, 0.1) is 5.41 Å². The third-order valence-electron chi connectivity index (χ3n) is 5.40. The first kappa shape index (κ1) is 19.0.